The molecule has 1 amide bonds. The van der Waals surface area contributed by atoms with Crippen LogP contribution in [0.4, 0.5) is 9.52 Å². The van der Waals surface area contributed by atoms with Crippen LogP contribution in [-0.2, 0) is 31.1 Å². The molecule has 27 heavy (non-hydrogen) atoms. The number of sulfone groups is 1. The molecule has 1 fully saturated rings. The van der Waals surface area contributed by atoms with Crippen LogP contribution < -0.4 is 10.0 Å². The van der Waals surface area contributed by atoms with Crippen molar-refractivity contribution < 1.29 is 26.0 Å². The number of amides is 1. The third-order valence-electron chi connectivity index (χ3n) is 3.84. The van der Waals surface area contributed by atoms with Gasteiger partial charge in [0.25, 0.3) is 10.0 Å². The van der Waals surface area contributed by atoms with E-state index >= 15 is 0 Å². The molecule has 1 aromatic heterocycles. The molecule has 0 radical (unpaired) electrons. The van der Waals surface area contributed by atoms with Gasteiger partial charge in [0.05, 0.1) is 28.5 Å². The molecule has 2 N–H and O–H groups in total. The second-order valence-electron chi connectivity index (χ2n) is 6.05. The lowest BCUT2D eigenvalue weighted by atomic mass is 10.2. The van der Waals surface area contributed by atoms with Crippen molar-refractivity contribution in [1.82, 2.24) is 10.3 Å². The molecular formula is C15H16FN3O5S3. The maximum absolute atomic E-state index is 12.9. The summed E-state index contributed by atoms with van der Waals surface area (Å²) in [7, 11) is -7.00. The van der Waals surface area contributed by atoms with Gasteiger partial charge in [-0.2, -0.15) is 0 Å². The van der Waals surface area contributed by atoms with Crippen molar-refractivity contribution >= 4 is 42.2 Å². The minimum absolute atomic E-state index is 0.0595. The lowest BCUT2D eigenvalue weighted by Crippen LogP contribution is -2.36. The summed E-state index contributed by atoms with van der Waals surface area (Å²) in [5, 5.41) is 4.25. The predicted octanol–water partition coefficient (Wildman–Crippen LogP) is 0.929. The van der Waals surface area contributed by atoms with Crippen LogP contribution in [0.15, 0.2) is 34.5 Å². The molecule has 1 unspecified atom stereocenters. The number of hydrogen-bond donors (Lipinski definition) is 2. The Hall–Kier alpha value is -2.05. The lowest BCUT2D eigenvalue weighted by molar-refractivity contribution is -0.121. The highest BCUT2D eigenvalue weighted by Gasteiger charge is 2.29. The van der Waals surface area contributed by atoms with Gasteiger partial charge in [-0.05, 0) is 30.7 Å². The average molecular weight is 434 g/mol. The van der Waals surface area contributed by atoms with E-state index in [0.29, 0.717) is 12.1 Å². The summed E-state index contributed by atoms with van der Waals surface area (Å²) in [6.45, 7) is 0. The Morgan fingerprint density at radius 1 is 1.30 bits per heavy atom. The fourth-order valence-electron chi connectivity index (χ4n) is 2.57. The summed E-state index contributed by atoms with van der Waals surface area (Å²) >= 11 is 1.01. The third-order valence-corrected chi connectivity index (χ3v) is 7.90. The zero-order valence-electron chi connectivity index (χ0n) is 13.9. The fraction of sp³-hybridized carbons (Fsp3) is 0.333. The molecule has 1 saturated heterocycles. The van der Waals surface area contributed by atoms with Crippen molar-refractivity contribution in [2.24, 2.45) is 0 Å². The van der Waals surface area contributed by atoms with Gasteiger partial charge in [0, 0.05) is 11.4 Å². The smallest absolute Gasteiger partial charge is 0.263 e. The van der Waals surface area contributed by atoms with Crippen molar-refractivity contribution in [2.45, 2.75) is 23.8 Å². The van der Waals surface area contributed by atoms with E-state index in [2.05, 4.69) is 15.0 Å². The van der Waals surface area contributed by atoms with Crippen LogP contribution in [-0.4, -0.2) is 45.3 Å². The first-order valence-corrected chi connectivity index (χ1v) is 12.0. The van der Waals surface area contributed by atoms with Crippen molar-refractivity contribution in [1.29, 1.82) is 0 Å². The Kier molecular flexibility index (Phi) is 5.49. The molecule has 1 aliphatic heterocycles. The van der Waals surface area contributed by atoms with Crippen LogP contribution in [0.1, 0.15) is 12.1 Å². The summed E-state index contributed by atoms with van der Waals surface area (Å²) in [6, 6.07) is 3.94. The minimum atomic E-state index is -3.91. The van der Waals surface area contributed by atoms with E-state index < -0.39 is 31.7 Å². The number of hydrogen-bond acceptors (Lipinski definition) is 7. The minimum Gasteiger partial charge on any atom is -0.352 e. The number of anilines is 1. The third kappa shape index (κ3) is 5.23. The number of aromatic nitrogens is 1. The molecule has 1 atom stereocenters. The molecule has 146 valence electrons. The number of nitrogens with one attached hydrogen (secondary N) is 2. The number of carbonyl (C=O) groups excluding carboxylic acids is 1. The number of rotatable bonds is 6. The predicted molar refractivity (Wildman–Crippen MR) is 98.2 cm³/mol. The quantitative estimate of drug-likeness (QED) is 0.699. The molecule has 0 saturated carbocycles. The summed E-state index contributed by atoms with van der Waals surface area (Å²) in [6.07, 6.45) is 0.291. The maximum Gasteiger partial charge on any atom is 0.263 e. The molecule has 1 aliphatic rings. The van der Waals surface area contributed by atoms with Crippen molar-refractivity contribution in [3.63, 3.8) is 0 Å². The van der Waals surface area contributed by atoms with E-state index in [1.165, 1.54) is 5.38 Å². The lowest BCUT2D eigenvalue weighted by Gasteiger charge is -2.09. The van der Waals surface area contributed by atoms with Crippen LogP contribution in [0.25, 0.3) is 0 Å². The highest BCUT2D eigenvalue weighted by molar-refractivity contribution is 7.93. The molecule has 2 aromatic rings. The molecule has 0 aliphatic carbocycles. The number of benzene rings is 1. The largest absolute Gasteiger partial charge is 0.352 e. The van der Waals surface area contributed by atoms with Crippen molar-refractivity contribution in [3.05, 3.63) is 41.2 Å². The Morgan fingerprint density at radius 3 is 2.63 bits per heavy atom. The van der Waals surface area contributed by atoms with Crippen LogP contribution in [0.2, 0.25) is 0 Å². The zero-order valence-corrected chi connectivity index (χ0v) is 16.3. The molecule has 3 rings (SSSR count). The van der Waals surface area contributed by atoms with Crippen LogP contribution in [0, 0.1) is 5.82 Å². The van der Waals surface area contributed by atoms with Crippen molar-refractivity contribution in [3.8, 4) is 0 Å². The molecule has 1 aromatic carbocycles. The maximum atomic E-state index is 12.9. The molecule has 12 heteroatoms. The van der Waals surface area contributed by atoms with E-state index in [1.54, 1.807) is 0 Å². The first-order chi connectivity index (χ1) is 12.6. The van der Waals surface area contributed by atoms with Gasteiger partial charge in [-0.15, -0.1) is 11.3 Å². The number of carbonyl (C=O) groups is 1. The first-order valence-electron chi connectivity index (χ1n) is 7.85. The van der Waals surface area contributed by atoms with Crippen LogP contribution in [0.5, 0.6) is 0 Å². The standard InChI is InChI=1S/C15H16FN3O5S3/c16-10-1-3-13(4-2-10)27(23,24)19-15-18-12(8-25-15)7-14(20)17-11-5-6-26(21,22)9-11/h1-4,8,11H,5-7,9H2,(H,17,20)(H,18,19). The van der Waals surface area contributed by atoms with Crippen LogP contribution in [0.3, 0.4) is 0 Å². The van der Waals surface area contributed by atoms with E-state index in [4.69, 9.17) is 0 Å². The molecule has 2 heterocycles. The van der Waals surface area contributed by atoms with Gasteiger partial charge in [-0.3, -0.25) is 9.52 Å². The Bertz CT molecular complexity index is 1050. The summed E-state index contributed by atoms with van der Waals surface area (Å²) in [5.74, 6) is -0.940. The highest BCUT2D eigenvalue weighted by atomic mass is 32.2. The molecule has 8 nitrogen and oxygen atoms in total. The van der Waals surface area contributed by atoms with Gasteiger partial charge in [0.1, 0.15) is 5.82 Å². The van der Waals surface area contributed by atoms with Gasteiger partial charge in [0.15, 0.2) is 15.0 Å². The van der Waals surface area contributed by atoms with E-state index in [9.17, 15) is 26.0 Å². The van der Waals surface area contributed by atoms with E-state index in [1.807, 2.05) is 0 Å². The monoisotopic (exact) mass is 433 g/mol. The Morgan fingerprint density at radius 2 is 2.00 bits per heavy atom. The second-order valence-corrected chi connectivity index (χ2v) is 10.8. The number of halogens is 1. The molecule has 0 bridgehead atoms. The first kappa shape index (κ1) is 19.7. The summed E-state index contributed by atoms with van der Waals surface area (Å²) in [5.41, 5.74) is 0.357. The normalized spacial score (nSPS) is 18.9. The summed E-state index contributed by atoms with van der Waals surface area (Å²) < 4.78 is 62.5. The fourth-order valence-corrected chi connectivity index (χ4v) is 6.21. The number of thiazole rings is 1. The van der Waals surface area contributed by atoms with E-state index in [0.717, 1.165) is 35.6 Å². The SMILES string of the molecule is O=C(Cc1csc(NS(=O)(=O)c2ccc(F)cc2)n1)NC1CCS(=O)(=O)C1. The van der Waals surface area contributed by atoms with Crippen LogP contribution >= 0.6 is 11.3 Å². The zero-order chi connectivity index (χ0) is 19.7. The second kappa shape index (κ2) is 7.52. The average Bonchev–Trinajstić information content (AvgIpc) is 3.13. The molecule has 0 spiro atoms. The van der Waals surface area contributed by atoms with Gasteiger partial charge in [-0.25, -0.2) is 26.2 Å². The topological polar surface area (TPSA) is 122 Å². The Labute approximate surface area is 159 Å². The van der Waals surface area contributed by atoms with Gasteiger partial charge in [-0.1, -0.05) is 0 Å². The van der Waals surface area contributed by atoms with Gasteiger partial charge in [0.2, 0.25) is 5.91 Å². The molecular weight excluding hydrogens is 417 g/mol. The van der Waals surface area contributed by atoms with Crippen molar-refractivity contribution in [2.75, 3.05) is 16.2 Å². The Balaban J connectivity index is 1.59. The van der Waals surface area contributed by atoms with Gasteiger partial charge < -0.3 is 5.32 Å². The van der Waals surface area contributed by atoms with E-state index in [-0.39, 0.29) is 33.9 Å². The van der Waals surface area contributed by atoms with Gasteiger partial charge >= 0.3 is 0 Å². The number of nitrogens with zero attached hydrogens (tertiary/aromatic N) is 1. The number of sulfonamides is 1. The summed E-state index contributed by atoms with van der Waals surface area (Å²) in [4.78, 5) is 16.0. The highest BCUT2D eigenvalue weighted by Crippen LogP contribution is 2.21.